The molecule has 2 atom stereocenters. The van der Waals surface area contributed by atoms with Gasteiger partial charge in [0, 0.05) is 28.1 Å². The Morgan fingerprint density at radius 2 is 2.14 bits per heavy atom. The van der Waals surface area contributed by atoms with Crippen molar-refractivity contribution in [1.82, 2.24) is 0 Å². The SMILES string of the molecule is COc1c(Br)cc(Cl)cc1C(N)C1COc2ccccc21. The fourth-order valence-corrected chi connectivity index (χ4v) is 3.74. The van der Waals surface area contributed by atoms with E-state index in [9.17, 15) is 0 Å². The molecule has 110 valence electrons. The van der Waals surface area contributed by atoms with Crippen LogP contribution in [0.1, 0.15) is 23.1 Å². The van der Waals surface area contributed by atoms with Crippen LogP contribution in [-0.4, -0.2) is 13.7 Å². The zero-order valence-corrected chi connectivity index (χ0v) is 13.8. The Morgan fingerprint density at radius 1 is 1.38 bits per heavy atom. The van der Waals surface area contributed by atoms with E-state index in [2.05, 4.69) is 22.0 Å². The fourth-order valence-electron chi connectivity index (χ4n) is 2.74. The average molecular weight is 369 g/mol. The molecule has 0 saturated heterocycles. The molecule has 0 radical (unpaired) electrons. The molecule has 21 heavy (non-hydrogen) atoms. The standard InChI is InChI=1S/C16H15BrClNO2/c1-20-16-11(6-9(18)7-13(16)17)15(19)12-8-21-14-5-3-2-4-10(12)14/h2-7,12,15H,8,19H2,1H3. The summed E-state index contributed by atoms with van der Waals surface area (Å²) >= 11 is 9.63. The molecular formula is C16H15BrClNO2. The lowest BCUT2D eigenvalue weighted by Gasteiger charge is -2.22. The molecule has 5 heteroatoms. The predicted octanol–water partition coefficient (Wildman–Crippen LogP) is 4.29. The van der Waals surface area contributed by atoms with Gasteiger partial charge in [-0.15, -0.1) is 0 Å². The van der Waals surface area contributed by atoms with Crippen molar-refractivity contribution < 1.29 is 9.47 Å². The van der Waals surface area contributed by atoms with Gasteiger partial charge in [-0.25, -0.2) is 0 Å². The Kier molecular flexibility index (Phi) is 4.11. The molecule has 0 aromatic heterocycles. The Labute approximate surface area is 137 Å². The number of methoxy groups -OCH3 is 1. The van der Waals surface area contributed by atoms with Crippen LogP contribution >= 0.6 is 27.5 Å². The Balaban J connectivity index is 2.02. The average Bonchev–Trinajstić information content (AvgIpc) is 2.89. The first-order chi connectivity index (χ1) is 10.1. The molecular weight excluding hydrogens is 354 g/mol. The highest BCUT2D eigenvalue weighted by Crippen LogP contribution is 2.44. The topological polar surface area (TPSA) is 44.5 Å². The predicted molar refractivity (Wildman–Crippen MR) is 87.3 cm³/mol. The van der Waals surface area contributed by atoms with Crippen molar-refractivity contribution in [2.24, 2.45) is 5.73 Å². The molecule has 0 saturated carbocycles. The number of fused-ring (bicyclic) bond motifs is 1. The van der Waals surface area contributed by atoms with E-state index in [-0.39, 0.29) is 12.0 Å². The molecule has 0 spiro atoms. The summed E-state index contributed by atoms with van der Waals surface area (Å²) in [5.74, 6) is 1.70. The molecule has 2 aromatic carbocycles. The van der Waals surface area contributed by atoms with Gasteiger partial charge in [0.15, 0.2) is 0 Å². The number of halogens is 2. The number of nitrogens with two attached hydrogens (primary N) is 1. The Morgan fingerprint density at radius 3 is 2.90 bits per heavy atom. The minimum absolute atomic E-state index is 0.0838. The summed E-state index contributed by atoms with van der Waals surface area (Å²) in [5.41, 5.74) is 8.49. The number of ether oxygens (including phenoxy) is 2. The zero-order valence-electron chi connectivity index (χ0n) is 11.5. The molecule has 1 heterocycles. The van der Waals surface area contributed by atoms with Crippen LogP contribution in [0.4, 0.5) is 0 Å². The summed E-state index contributed by atoms with van der Waals surface area (Å²) in [4.78, 5) is 0. The first-order valence-corrected chi connectivity index (χ1v) is 7.79. The van der Waals surface area contributed by atoms with Gasteiger partial charge in [0.25, 0.3) is 0 Å². The van der Waals surface area contributed by atoms with Crippen molar-refractivity contribution in [3.63, 3.8) is 0 Å². The number of rotatable bonds is 3. The van der Waals surface area contributed by atoms with E-state index >= 15 is 0 Å². The molecule has 1 aliphatic rings. The van der Waals surface area contributed by atoms with Gasteiger partial charge in [-0.3, -0.25) is 0 Å². The van der Waals surface area contributed by atoms with Crippen LogP contribution in [0.2, 0.25) is 5.02 Å². The van der Waals surface area contributed by atoms with Crippen molar-refractivity contribution in [3.8, 4) is 11.5 Å². The molecule has 3 nitrogen and oxygen atoms in total. The third-order valence-corrected chi connectivity index (χ3v) is 4.58. The monoisotopic (exact) mass is 367 g/mol. The van der Waals surface area contributed by atoms with Gasteiger partial charge in [-0.1, -0.05) is 29.8 Å². The molecule has 0 fully saturated rings. The van der Waals surface area contributed by atoms with Crippen molar-refractivity contribution in [2.75, 3.05) is 13.7 Å². The number of benzene rings is 2. The summed E-state index contributed by atoms with van der Waals surface area (Å²) in [6.07, 6.45) is 0. The lowest BCUT2D eigenvalue weighted by Crippen LogP contribution is -2.21. The highest BCUT2D eigenvalue weighted by Gasteiger charge is 2.32. The van der Waals surface area contributed by atoms with E-state index in [1.165, 1.54) is 0 Å². The van der Waals surface area contributed by atoms with Crippen LogP contribution < -0.4 is 15.2 Å². The van der Waals surface area contributed by atoms with E-state index in [1.54, 1.807) is 13.2 Å². The van der Waals surface area contributed by atoms with Gasteiger partial charge in [0.1, 0.15) is 11.5 Å². The van der Waals surface area contributed by atoms with Crippen LogP contribution in [0.15, 0.2) is 40.9 Å². The fraction of sp³-hybridized carbons (Fsp3) is 0.250. The van der Waals surface area contributed by atoms with Crippen molar-refractivity contribution in [3.05, 3.63) is 57.0 Å². The summed E-state index contributed by atoms with van der Waals surface area (Å²) in [5, 5.41) is 0.625. The van der Waals surface area contributed by atoms with E-state index in [0.717, 1.165) is 27.1 Å². The van der Waals surface area contributed by atoms with E-state index in [4.69, 9.17) is 26.8 Å². The van der Waals surface area contributed by atoms with Gasteiger partial charge in [-0.2, -0.15) is 0 Å². The molecule has 2 unspecified atom stereocenters. The van der Waals surface area contributed by atoms with Crippen molar-refractivity contribution in [2.45, 2.75) is 12.0 Å². The molecule has 1 aliphatic heterocycles. The van der Waals surface area contributed by atoms with Crippen LogP contribution in [-0.2, 0) is 0 Å². The quantitative estimate of drug-likeness (QED) is 0.879. The lowest BCUT2D eigenvalue weighted by molar-refractivity contribution is 0.312. The number of hydrogen-bond donors (Lipinski definition) is 1. The smallest absolute Gasteiger partial charge is 0.137 e. The van der Waals surface area contributed by atoms with Gasteiger partial charge in [0.05, 0.1) is 18.2 Å². The van der Waals surface area contributed by atoms with Crippen molar-refractivity contribution in [1.29, 1.82) is 0 Å². The Bertz CT molecular complexity index is 677. The van der Waals surface area contributed by atoms with Gasteiger partial charge in [0.2, 0.25) is 0 Å². The molecule has 2 N–H and O–H groups in total. The van der Waals surface area contributed by atoms with Crippen molar-refractivity contribution >= 4 is 27.5 Å². The Hall–Kier alpha value is -1.23. The van der Waals surface area contributed by atoms with Crippen LogP contribution in [0.3, 0.4) is 0 Å². The highest BCUT2D eigenvalue weighted by molar-refractivity contribution is 9.10. The van der Waals surface area contributed by atoms with E-state index < -0.39 is 0 Å². The van der Waals surface area contributed by atoms with Crippen LogP contribution in [0.5, 0.6) is 11.5 Å². The maximum absolute atomic E-state index is 6.49. The number of hydrogen-bond acceptors (Lipinski definition) is 3. The number of para-hydroxylation sites is 1. The minimum atomic E-state index is -0.251. The second-order valence-corrected chi connectivity index (χ2v) is 6.28. The second-order valence-electron chi connectivity index (χ2n) is 4.99. The van der Waals surface area contributed by atoms with E-state index in [0.29, 0.717) is 11.6 Å². The first-order valence-electron chi connectivity index (χ1n) is 6.62. The molecule has 0 amide bonds. The second kappa shape index (κ2) is 5.87. The van der Waals surface area contributed by atoms with Gasteiger partial charge >= 0.3 is 0 Å². The normalized spacial score (nSPS) is 18.0. The summed E-state index contributed by atoms with van der Waals surface area (Å²) in [6.45, 7) is 0.563. The summed E-state index contributed by atoms with van der Waals surface area (Å²) < 4.78 is 12.0. The zero-order chi connectivity index (χ0) is 15.0. The van der Waals surface area contributed by atoms with Gasteiger partial charge < -0.3 is 15.2 Å². The lowest BCUT2D eigenvalue weighted by atomic mass is 9.89. The third-order valence-electron chi connectivity index (χ3n) is 3.77. The molecule has 0 bridgehead atoms. The summed E-state index contributed by atoms with van der Waals surface area (Å²) in [6, 6.07) is 11.4. The van der Waals surface area contributed by atoms with Crippen LogP contribution in [0, 0.1) is 0 Å². The molecule has 3 rings (SSSR count). The molecule has 0 aliphatic carbocycles. The van der Waals surface area contributed by atoms with E-state index in [1.807, 2.05) is 24.3 Å². The third kappa shape index (κ3) is 2.63. The molecule has 2 aromatic rings. The van der Waals surface area contributed by atoms with Gasteiger partial charge in [-0.05, 0) is 34.1 Å². The first kappa shape index (κ1) is 14.7. The van der Waals surface area contributed by atoms with Crippen LogP contribution in [0.25, 0.3) is 0 Å². The largest absolute Gasteiger partial charge is 0.495 e. The maximum Gasteiger partial charge on any atom is 0.137 e. The highest BCUT2D eigenvalue weighted by atomic mass is 79.9. The maximum atomic E-state index is 6.49. The minimum Gasteiger partial charge on any atom is -0.495 e. The summed E-state index contributed by atoms with van der Waals surface area (Å²) in [7, 11) is 1.63.